The van der Waals surface area contributed by atoms with Crippen LogP contribution in [0.5, 0.6) is 5.75 Å². The molecular weight excluding hydrogens is 451 g/mol. The predicted octanol–water partition coefficient (Wildman–Crippen LogP) is 4.21. The van der Waals surface area contributed by atoms with Crippen molar-refractivity contribution in [3.05, 3.63) is 64.3 Å². The number of hydrogen-bond donors (Lipinski definition) is 0. The summed E-state index contributed by atoms with van der Waals surface area (Å²) >= 11 is 11.8. The third-order valence-corrected chi connectivity index (χ3v) is 7.96. The van der Waals surface area contributed by atoms with E-state index in [0.717, 1.165) is 6.42 Å². The molecule has 2 saturated carbocycles. The number of nitrogens with zero attached hydrogens (tertiary/aromatic N) is 2. The molecule has 0 radical (unpaired) electrons. The summed E-state index contributed by atoms with van der Waals surface area (Å²) in [6.45, 7) is -0.206. The minimum Gasteiger partial charge on any atom is -0.484 e. The van der Waals surface area contributed by atoms with Crippen molar-refractivity contribution in [1.29, 1.82) is 0 Å². The number of rotatable bonds is 5. The molecule has 0 N–H and O–H groups in total. The van der Waals surface area contributed by atoms with Crippen LogP contribution in [0.3, 0.4) is 0 Å². The van der Waals surface area contributed by atoms with Gasteiger partial charge in [-0.25, -0.2) is 9.88 Å². The molecule has 2 aromatic rings. The number of ether oxygens (including phenoxy) is 1. The number of allylic oxidation sites excluding steroid dienone is 2. The fraction of sp³-hybridized carbons (Fsp3) is 0.333. The minimum atomic E-state index is -0.261. The Morgan fingerprint density at radius 1 is 1.00 bits per heavy atom. The van der Waals surface area contributed by atoms with E-state index >= 15 is 0 Å². The zero-order valence-electron chi connectivity index (χ0n) is 16.8. The molecule has 4 aliphatic carbocycles. The van der Waals surface area contributed by atoms with Gasteiger partial charge in [0.05, 0.1) is 28.1 Å². The van der Waals surface area contributed by atoms with Crippen molar-refractivity contribution in [3.8, 4) is 5.75 Å². The van der Waals surface area contributed by atoms with Crippen LogP contribution in [-0.2, 0) is 9.59 Å². The highest BCUT2D eigenvalue weighted by Crippen LogP contribution is 2.65. The first-order valence-corrected chi connectivity index (χ1v) is 11.3. The summed E-state index contributed by atoms with van der Waals surface area (Å²) < 4.78 is 5.54. The fourth-order valence-electron chi connectivity index (χ4n) is 5.67. The van der Waals surface area contributed by atoms with Gasteiger partial charge in [-0.1, -0.05) is 35.4 Å². The van der Waals surface area contributed by atoms with Gasteiger partial charge in [0.25, 0.3) is 0 Å². The summed E-state index contributed by atoms with van der Waals surface area (Å²) in [5, 5.41) is 0.667. The quantitative estimate of drug-likeness (QED) is 0.373. The average molecular weight is 469 g/mol. The van der Waals surface area contributed by atoms with Gasteiger partial charge in [-0.15, -0.1) is 0 Å². The number of benzene rings is 1. The zero-order valence-corrected chi connectivity index (χ0v) is 18.3. The van der Waals surface area contributed by atoms with Gasteiger partial charge in [-0.2, -0.15) is 0 Å². The van der Waals surface area contributed by atoms with E-state index in [9.17, 15) is 14.4 Å². The lowest BCUT2D eigenvalue weighted by atomic mass is 9.63. The lowest BCUT2D eigenvalue weighted by Gasteiger charge is -2.37. The number of imide groups is 1. The number of carbonyl (C=O) groups is 3. The van der Waals surface area contributed by atoms with E-state index in [-0.39, 0.29) is 47.9 Å². The molecule has 3 fully saturated rings. The lowest BCUT2D eigenvalue weighted by molar-refractivity contribution is -0.124. The van der Waals surface area contributed by atoms with Crippen molar-refractivity contribution in [1.82, 2.24) is 4.98 Å². The van der Waals surface area contributed by atoms with Gasteiger partial charge in [-0.05, 0) is 60.4 Å². The van der Waals surface area contributed by atoms with Crippen LogP contribution in [0.15, 0.2) is 48.7 Å². The highest BCUT2D eigenvalue weighted by Gasteiger charge is 2.67. The van der Waals surface area contributed by atoms with Crippen LogP contribution in [0.25, 0.3) is 0 Å². The number of anilines is 1. The van der Waals surface area contributed by atoms with Crippen molar-refractivity contribution in [2.45, 2.75) is 6.42 Å². The SMILES string of the molecule is O=C(COc1ccc(N2C(=O)[C@@H]3[C@H](C2=O)[C@@H]2C=C[C@H]3C3CC32)nc1)c1ccc(Cl)c(Cl)c1. The second-order valence-electron chi connectivity index (χ2n) is 8.86. The van der Waals surface area contributed by atoms with Crippen LogP contribution in [-0.4, -0.2) is 29.2 Å². The molecular formula is C24H18Cl2N2O4. The standard InChI is InChI=1S/C24H18Cl2N2O4/c25-17-5-1-11(7-18(17)26)19(29)10-32-12-2-6-20(27-9-12)28-23(30)21-13-3-4-14(16-8-15(13)16)22(21)24(28)31/h1-7,9,13-16,21-22H,8,10H2/t13-,14+,15?,16?,21-,22+. The van der Waals surface area contributed by atoms with E-state index in [0.29, 0.717) is 39.0 Å². The van der Waals surface area contributed by atoms with Gasteiger partial charge in [0, 0.05) is 5.56 Å². The van der Waals surface area contributed by atoms with Crippen LogP contribution >= 0.6 is 23.2 Å². The molecule has 1 aromatic carbocycles. The number of carbonyl (C=O) groups excluding carboxylic acids is 3. The number of amides is 2. The minimum absolute atomic E-state index is 0.152. The van der Waals surface area contributed by atoms with Crippen LogP contribution in [0, 0.1) is 35.5 Å². The van der Waals surface area contributed by atoms with E-state index in [1.165, 1.54) is 17.2 Å². The molecule has 2 unspecified atom stereocenters. The first kappa shape index (κ1) is 19.9. The second-order valence-corrected chi connectivity index (χ2v) is 9.67. The molecule has 2 bridgehead atoms. The van der Waals surface area contributed by atoms with E-state index < -0.39 is 0 Å². The van der Waals surface area contributed by atoms with Gasteiger partial charge in [0.1, 0.15) is 11.6 Å². The maximum atomic E-state index is 13.1. The smallest absolute Gasteiger partial charge is 0.239 e. The molecule has 0 spiro atoms. The normalized spacial score (nSPS) is 31.5. The molecule has 8 heteroatoms. The summed E-state index contributed by atoms with van der Waals surface area (Å²) in [5.41, 5.74) is 0.390. The molecule has 1 aliphatic heterocycles. The highest BCUT2D eigenvalue weighted by molar-refractivity contribution is 6.42. The molecule has 6 nitrogen and oxygen atoms in total. The average Bonchev–Trinajstić information content (AvgIpc) is 3.58. The highest BCUT2D eigenvalue weighted by atomic mass is 35.5. The van der Waals surface area contributed by atoms with Crippen molar-refractivity contribution in [2.75, 3.05) is 11.5 Å². The summed E-state index contributed by atoms with van der Waals surface area (Å²) in [5.74, 6) is 1.03. The molecule has 1 aromatic heterocycles. The second kappa shape index (κ2) is 7.15. The van der Waals surface area contributed by atoms with Gasteiger partial charge < -0.3 is 4.74 Å². The number of pyridine rings is 1. The Hall–Kier alpha value is -2.70. The topological polar surface area (TPSA) is 76.6 Å². The van der Waals surface area contributed by atoms with Gasteiger partial charge in [-0.3, -0.25) is 14.4 Å². The maximum absolute atomic E-state index is 13.1. The van der Waals surface area contributed by atoms with Crippen molar-refractivity contribution >= 4 is 46.6 Å². The summed E-state index contributed by atoms with van der Waals surface area (Å²) in [6, 6.07) is 7.82. The first-order chi connectivity index (χ1) is 15.4. The summed E-state index contributed by atoms with van der Waals surface area (Å²) in [4.78, 5) is 44.1. The Morgan fingerprint density at radius 3 is 2.28 bits per heavy atom. The number of Topliss-reactive ketones (excluding diaryl/α,β-unsaturated/α-hetero) is 1. The summed E-state index contributed by atoms with van der Waals surface area (Å²) in [7, 11) is 0. The first-order valence-electron chi connectivity index (χ1n) is 10.6. The molecule has 162 valence electrons. The Morgan fingerprint density at radius 2 is 1.69 bits per heavy atom. The van der Waals surface area contributed by atoms with Crippen molar-refractivity contribution in [2.24, 2.45) is 35.5 Å². The Balaban J connectivity index is 1.15. The van der Waals surface area contributed by atoms with Crippen LogP contribution in [0.1, 0.15) is 16.8 Å². The van der Waals surface area contributed by atoms with Crippen LogP contribution < -0.4 is 9.64 Å². The van der Waals surface area contributed by atoms with Crippen molar-refractivity contribution in [3.63, 3.8) is 0 Å². The molecule has 32 heavy (non-hydrogen) atoms. The Labute approximate surface area is 194 Å². The number of halogens is 2. The van der Waals surface area contributed by atoms with E-state index in [1.807, 2.05) is 0 Å². The van der Waals surface area contributed by atoms with Crippen LogP contribution in [0.2, 0.25) is 10.0 Å². The zero-order chi connectivity index (χ0) is 22.1. The number of ketones is 1. The molecule has 1 saturated heterocycles. The predicted molar refractivity (Wildman–Crippen MR) is 118 cm³/mol. The molecule has 5 aliphatic rings. The van der Waals surface area contributed by atoms with E-state index in [2.05, 4.69) is 17.1 Å². The molecule has 2 heterocycles. The van der Waals surface area contributed by atoms with Gasteiger partial charge in [0.2, 0.25) is 11.8 Å². The lowest BCUT2D eigenvalue weighted by Crippen LogP contribution is -2.40. The maximum Gasteiger partial charge on any atom is 0.239 e. The summed E-state index contributed by atoms with van der Waals surface area (Å²) in [6.07, 6.45) is 6.83. The van der Waals surface area contributed by atoms with Crippen molar-refractivity contribution < 1.29 is 19.1 Å². The Bertz CT molecular complexity index is 1160. The fourth-order valence-corrected chi connectivity index (χ4v) is 5.97. The third-order valence-electron chi connectivity index (χ3n) is 7.22. The number of aromatic nitrogens is 1. The molecule has 2 amide bonds. The Kier molecular flexibility index (Phi) is 4.46. The monoisotopic (exact) mass is 468 g/mol. The largest absolute Gasteiger partial charge is 0.484 e. The van der Waals surface area contributed by atoms with Gasteiger partial charge in [0.15, 0.2) is 12.4 Å². The number of hydrogen-bond acceptors (Lipinski definition) is 5. The third kappa shape index (κ3) is 2.93. The van der Waals surface area contributed by atoms with E-state index in [4.69, 9.17) is 27.9 Å². The van der Waals surface area contributed by atoms with Crippen LogP contribution in [0.4, 0.5) is 5.82 Å². The molecule has 6 atom stereocenters. The van der Waals surface area contributed by atoms with Gasteiger partial charge >= 0.3 is 0 Å². The molecule has 7 rings (SSSR count). The van der Waals surface area contributed by atoms with E-state index in [1.54, 1.807) is 24.3 Å².